The van der Waals surface area contributed by atoms with Crippen molar-refractivity contribution in [3.63, 3.8) is 0 Å². The van der Waals surface area contributed by atoms with E-state index in [-0.39, 0.29) is 5.54 Å². The molecule has 82 valence electrons. The van der Waals surface area contributed by atoms with E-state index in [1.807, 2.05) is 13.8 Å². The van der Waals surface area contributed by atoms with E-state index in [4.69, 9.17) is 13.3 Å². The first-order valence-electron chi connectivity index (χ1n) is 4.91. The lowest BCUT2D eigenvalue weighted by Gasteiger charge is -2.25. The molecule has 2 aliphatic heterocycles. The summed E-state index contributed by atoms with van der Waals surface area (Å²) in [7, 11) is -2.73. The molecule has 0 amide bonds. The molecule has 2 fully saturated rings. The standard InChI is InChI=1S/C8H16O5Si/c1-5(2)14-11-4-3-6(9)7(12-14)8(10)13-14/h5-10H,3-4H2,1-2H3. The van der Waals surface area contributed by atoms with Gasteiger partial charge in [0.25, 0.3) is 0 Å². The molecule has 0 aromatic heterocycles. The summed E-state index contributed by atoms with van der Waals surface area (Å²) in [6.07, 6.45) is -1.88. The Morgan fingerprint density at radius 2 is 2.00 bits per heavy atom. The third kappa shape index (κ3) is 1.52. The van der Waals surface area contributed by atoms with Crippen LogP contribution in [0.3, 0.4) is 0 Å². The highest BCUT2D eigenvalue weighted by molar-refractivity contribution is 6.62. The Labute approximate surface area is 84.0 Å². The van der Waals surface area contributed by atoms with Gasteiger partial charge in [-0.15, -0.1) is 0 Å². The van der Waals surface area contributed by atoms with Crippen LogP contribution in [0.1, 0.15) is 20.3 Å². The molecule has 0 aliphatic carbocycles. The van der Waals surface area contributed by atoms with Gasteiger partial charge in [-0.3, -0.25) is 0 Å². The van der Waals surface area contributed by atoms with Gasteiger partial charge in [0.05, 0.1) is 6.10 Å². The van der Waals surface area contributed by atoms with Crippen LogP contribution in [0, 0.1) is 0 Å². The average Bonchev–Trinajstić information content (AvgIpc) is 2.34. The molecule has 14 heavy (non-hydrogen) atoms. The second kappa shape index (κ2) is 3.55. The van der Waals surface area contributed by atoms with Gasteiger partial charge in [0.15, 0.2) is 6.29 Å². The Bertz CT molecular complexity index is 224. The van der Waals surface area contributed by atoms with Crippen LogP contribution in [0.25, 0.3) is 0 Å². The SMILES string of the molecule is CC(C)[Si]12OCCC(O)C(O1)C(O)O2. The summed E-state index contributed by atoms with van der Waals surface area (Å²) in [4.78, 5) is 0. The van der Waals surface area contributed by atoms with Gasteiger partial charge in [-0.1, -0.05) is 13.8 Å². The van der Waals surface area contributed by atoms with Gasteiger partial charge in [0, 0.05) is 12.1 Å². The maximum Gasteiger partial charge on any atom is 0.506 e. The fraction of sp³-hybridized carbons (Fsp3) is 1.00. The molecule has 2 saturated heterocycles. The summed E-state index contributed by atoms with van der Waals surface area (Å²) in [5, 5.41) is 19.2. The first kappa shape index (κ1) is 10.5. The van der Waals surface area contributed by atoms with Gasteiger partial charge >= 0.3 is 8.80 Å². The van der Waals surface area contributed by atoms with Crippen LogP contribution in [0.4, 0.5) is 0 Å². The third-order valence-electron chi connectivity index (χ3n) is 2.67. The predicted octanol–water partition coefficient (Wildman–Crippen LogP) is -0.150. The highest BCUT2D eigenvalue weighted by Gasteiger charge is 2.59. The molecular formula is C8H16O5Si. The molecule has 2 N–H and O–H groups in total. The van der Waals surface area contributed by atoms with Crippen molar-refractivity contribution >= 4 is 8.80 Å². The van der Waals surface area contributed by atoms with E-state index in [1.54, 1.807) is 0 Å². The fourth-order valence-electron chi connectivity index (χ4n) is 1.77. The largest absolute Gasteiger partial charge is 0.506 e. The highest BCUT2D eigenvalue weighted by Crippen LogP contribution is 2.37. The van der Waals surface area contributed by atoms with Crippen molar-refractivity contribution in [3.05, 3.63) is 0 Å². The van der Waals surface area contributed by atoms with Gasteiger partial charge in [-0.2, -0.15) is 0 Å². The first-order valence-corrected chi connectivity index (χ1v) is 6.71. The monoisotopic (exact) mass is 220 g/mol. The molecule has 0 aromatic rings. The Hall–Kier alpha value is 0.0169. The van der Waals surface area contributed by atoms with E-state index < -0.39 is 27.3 Å². The fourth-order valence-corrected chi connectivity index (χ4v) is 4.37. The van der Waals surface area contributed by atoms with Crippen molar-refractivity contribution in [2.24, 2.45) is 0 Å². The van der Waals surface area contributed by atoms with Crippen molar-refractivity contribution in [1.82, 2.24) is 0 Å². The van der Waals surface area contributed by atoms with Gasteiger partial charge in [-0.05, 0) is 6.42 Å². The lowest BCUT2D eigenvalue weighted by Crippen LogP contribution is -2.44. The maximum atomic E-state index is 9.62. The van der Waals surface area contributed by atoms with Gasteiger partial charge in [-0.25, -0.2) is 0 Å². The van der Waals surface area contributed by atoms with Gasteiger partial charge < -0.3 is 23.5 Å². The van der Waals surface area contributed by atoms with Gasteiger partial charge in [0.1, 0.15) is 6.10 Å². The van der Waals surface area contributed by atoms with E-state index in [0.717, 1.165) is 0 Å². The zero-order valence-electron chi connectivity index (χ0n) is 8.34. The molecule has 4 atom stereocenters. The Balaban J connectivity index is 2.22. The Kier molecular flexibility index (Phi) is 2.67. The number of aliphatic hydroxyl groups excluding tert-OH is 2. The predicted molar refractivity (Wildman–Crippen MR) is 49.4 cm³/mol. The molecule has 5 nitrogen and oxygen atoms in total. The Morgan fingerprint density at radius 1 is 1.29 bits per heavy atom. The van der Waals surface area contributed by atoms with Crippen LogP contribution in [0.15, 0.2) is 0 Å². The number of hydrogen-bond acceptors (Lipinski definition) is 5. The molecular weight excluding hydrogens is 204 g/mol. The first-order chi connectivity index (χ1) is 6.55. The third-order valence-corrected chi connectivity index (χ3v) is 5.86. The van der Waals surface area contributed by atoms with Crippen LogP contribution >= 0.6 is 0 Å². The smallest absolute Gasteiger partial charge is 0.390 e. The Morgan fingerprint density at radius 3 is 2.64 bits per heavy atom. The summed E-state index contributed by atoms with van der Waals surface area (Å²) < 4.78 is 16.5. The van der Waals surface area contributed by atoms with E-state index >= 15 is 0 Å². The lowest BCUT2D eigenvalue weighted by molar-refractivity contribution is -0.0918. The van der Waals surface area contributed by atoms with Crippen molar-refractivity contribution in [1.29, 1.82) is 0 Å². The number of fused-ring (bicyclic) bond motifs is 2. The number of aliphatic hydroxyl groups is 2. The van der Waals surface area contributed by atoms with Crippen molar-refractivity contribution < 1.29 is 23.5 Å². The molecule has 2 heterocycles. The molecule has 2 bridgehead atoms. The minimum atomic E-state index is -2.73. The quantitative estimate of drug-likeness (QED) is 0.602. The van der Waals surface area contributed by atoms with Crippen LogP contribution in [-0.4, -0.2) is 44.1 Å². The molecule has 0 spiro atoms. The zero-order valence-corrected chi connectivity index (χ0v) is 9.34. The molecule has 2 rings (SSSR count). The second-order valence-electron chi connectivity index (χ2n) is 4.05. The van der Waals surface area contributed by atoms with Crippen LogP contribution in [0.5, 0.6) is 0 Å². The van der Waals surface area contributed by atoms with Crippen LogP contribution in [0.2, 0.25) is 5.54 Å². The topological polar surface area (TPSA) is 68.2 Å². The minimum absolute atomic E-state index is 0.104. The van der Waals surface area contributed by atoms with Crippen molar-refractivity contribution in [3.8, 4) is 0 Å². The molecule has 6 heteroatoms. The van der Waals surface area contributed by atoms with E-state index in [1.165, 1.54) is 0 Å². The maximum absolute atomic E-state index is 9.62. The van der Waals surface area contributed by atoms with Crippen LogP contribution in [-0.2, 0) is 13.3 Å². The second-order valence-corrected chi connectivity index (χ2v) is 7.18. The molecule has 2 aliphatic rings. The molecule has 0 radical (unpaired) electrons. The lowest BCUT2D eigenvalue weighted by atomic mass is 10.1. The summed E-state index contributed by atoms with van der Waals surface area (Å²) in [6, 6.07) is 0. The van der Waals surface area contributed by atoms with E-state index in [9.17, 15) is 10.2 Å². The van der Waals surface area contributed by atoms with E-state index in [0.29, 0.717) is 13.0 Å². The van der Waals surface area contributed by atoms with E-state index in [2.05, 4.69) is 0 Å². The zero-order chi connectivity index (χ0) is 10.3. The molecule has 4 unspecified atom stereocenters. The number of hydrogen-bond donors (Lipinski definition) is 2. The summed E-state index contributed by atoms with van der Waals surface area (Å²) in [6.45, 7) is 4.33. The highest BCUT2D eigenvalue weighted by atomic mass is 28.4. The normalized spacial score (nSPS) is 48.2. The van der Waals surface area contributed by atoms with Crippen molar-refractivity contribution in [2.45, 2.75) is 44.3 Å². The summed E-state index contributed by atoms with van der Waals surface area (Å²) in [5.74, 6) is 0. The van der Waals surface area contributed by atoms with Crippen molar-refractivity contribution in [2.75, 3.05) is 6.61 Å². The van der Waals surface area contributed by atoms with Crippen LogP contribution < -0.4 is 0 Å². The average molecular weight is 220 g/mol. The molecule has 0 saturated carbocycles. The number of rotatable bonds is 1. The molecule has 0 aromatic carbocycles. The summed E-state index contributed by atoms with van der Waals surface area (Å²) in [5.41, 5.74) is 0.104. The summed E-state index contributed by atoms with van der Waals surface area (Å²) >= 11 is 0. The van der Waals surface area contributed by atoms with Gasteiger partial charge in [0.2, 0.25) is 0 Å². The minimum Gasteiger partial charge on any atom is -0.390 e.